The van der Waals surface area contributed by atoms with Crippen LogP contribution in [-0.4, -0.2) is 26.1 Å². The second-order valence-corrected chi connectivity index (χ2v) is 5.36. The molecule has 1 aliphatic heterocycles. The summed E-state index contributed by atoms with van der Waals surface area (Å²) in [5, 5.41) is 2.82. The van der Waals surface area contributed by atoms with Crippen LogP contribution in [0.3, 0.4) is 0 Å². The van der Waals surface area contributed by atoms with Crippen molar-refractivity contribution in [2.24, 2.45) is 0 Å². The number of rotatable bonds is 5. The van der Waals surface area contributed by atoms with Crippen LogP contribution in [0.2, 0.25) is 0 Å². The highest BCUT2D eigenvalue weighted by molar-refractivity contribution is 5.96. The quantitative estimate of drug-likeness (QED) is 0.854. The van der Waals surface area contributed by atoms with E-state index >= 15 is 0 Å². The Morgan fingerprint density at radius 1 is 1.12 bits per heavy atom. The van der Waals surface area contributed by atoms with E-state index in [1.807, 2.05) is 6.07 Å². The van der Waals surface area contributed by atoms with E-state index in [1.165, 1.54) is 0 Å². The highest BCUT2D eigenvalue weighted by Gasteiger charge is 2.21. The SMILES string of the molecule is COc1ccc(CC(=O)Nc2ccc3c(c2)COC3=O)cc1OC. The molecular formula is C18H17NO5. The summed E-state index contributed by atoms with van der Waals surface area (Å²) < 4.78 is 15.4. The minimum absolute atomic E-state index is 0.160. The van der Waals surface area contributed by atoms with Gasteiger partial charge in [-0.1, -0.05) is 6.07 Å². The van der Waals surface area contributed by atoms with Crippen molar-refractivity contribution in [3.8, 4) is 11.5 Å². The molecule has 0 radical (unpaired) electrons. The van der Waals surface area contributed by atoms with Crippen LogP contribution in [0.15, 0.2) is 36.4 Å². The second kappa shape index (κ2) is 6.62. The van der Waals surface area contributed by atoms with Gasteiger partial charge in [0, 0.05) is 11.3 Å². The van der Waals surface area contributed by atoms with Gasteiger partial charge in [0.1, 0.15) is 6.61 Å². The van der Waals surface area contributed by atoms with Crippen LogP contribution in [0.1, 0.15) is 21.5 Å². The van der Waals surface area contributed by atoms with Gasteiger partial charge in [0.25, 0.3) is 0 Å². The fraction of sp³-hybridized carbons (Fsp3) is 0.222. The van der Waals surface area contributed by atoms with Crippen molar-refractivity contribution < 1.29 is 23.8 Å². The lowest BCUT2D eigenvalue weighted by Gasteiger charge is -2.10. The molecule has 3 rings (SSSR count). The molecule has 0 aromatic heterocycles. The molecule has 1 heterocycles. The second-order valence-electron chi connectivity index (χ2n) is 5.36. The van der Waals surface area contributed by atoms with E-state index in [-0.39, 0.29) is 24.9 Å². The van der Waals surface area contributed by atoms with Gasteiger partial charge >= 0.3 is 5.97 Å². The van der Waals surface area contributed by atoms with E-state index < -0.39 is 0 Å². The topological polar surface area (TPSA) is 73.9 Å². The predicted molar refractivity (Wildman–Crippen MR) is 87.4 cm³/mol. The number of fused-ring (bicyclic) bond motifs is 1. The number of methoxy groups -OCH3 is 2. The Labute approximate surface area is 139 Å². The number of amides is 1. The van der Waals surface area contributed by atoms with Crippen LogP contribution in [0.5, 0.6) is 11.5 Å². The smallest absolute Gasteiger partial charge is 0.338 e. The number of hydrogen-bond acceptors (Lipinski definition) is 5. The molecule has 1 aliphatic rings. The number of carbonyl (C=O) groups excluding carboxylic acids is 2. The first-order valence-corrected chi connectivity index (χ1v) is 7.41. The van der Waals surface area contributed by atoms with Gasteiger partial charge in [-0.3, -0.25) is 4.79 Å². The van der Waals surface area contributed by atoms with Crippen molar-refractivity contribution in [1.82, 2.24) is 0 Å². The summed E-state index contributed by atoms with van der Waals surface area (Å²) in [4.78, 5) is 23.6. The molecule has 124 valence electrons. The molecule has 0 saturated carbocycles. The third-order valence-corrected chi connectivity index (χ3v) is 3.78. The zero-order valence-electron chi connectivity index (χ0n) is 13.4. The van der Waals surface area contributed by atoms with Gasteiger partial charge in [-0.25, -0.2) is 4.79 Å². The summed E-state index contributed by atoms with van der Waals surface area (Å²) in [5.74, 6) is 0.710. The monoisotopic (exact) mass is 327 g/mol. The Balaban J connectivity index is 1.69. The number of cyclic esters (lactones) is 1. The van der Waals surface area contributed by atoms with E-state index in [0.717, 1.165) is 11.1 Å². The summed E-state index contributed by atoms with van der Waals surface area (Å²) in [6, 6.07) is 10.5. The lowest BCUT2D eigenvalue weighted by Crippen LogP contribution is -2.14. The van der Waals surface area contributed by atoms with Crippen molar-refractivity contribution in [3.05, 3.63) is 53.1 Å². The third kappa shape index (κ3) is 3.17. The minimum atomic E-state index is -0.326. The Kier molecular flexibility index (Phi) is 4.37. The largest absolute Gasteiger partial charge is 0.493 e. The Morgan fingerprint density at radius 2 is 1.92 bits per heavy atom. The van der Waals surface area contributed by atoms with Crippen molar-refractivity contribution in [1.29, 1.82) is 0 Å². The van der Waals surface area contributed by atoms with E-state index in [9.17, 15) is 9.59 Å². The van der Waals surface area contributed by atoms with Gasteiger partial charge in [0.2, 0.25) is 5.91 Å². The molecule has 0 aliphatic carbocycles. The zero-order chi connectivity index (χ0) is 17.1. The first-order valence-electron chi connectivity index (χ1n) is 7.41. The number of nitrogens with one attached hydrogen (secondary N) is 1. The fourth-order valence-electron chi connectivity index (χ4n) is 2.59. The van der Waals surface area contributed by atoms with Crippen molar-refractivity contribution >= 4 is 17.6 Å². The Hall–Kier alpha value is -3.02. The first kappa shape index (κ1) is 15.9. The standard InChI is InChI=1S/C18H17NO5/c1-22-15-6-3-11(7-16(15)23-2)8-17(20)19-13-4-5-14-12(9-13)10-24-18(14)21/h3-7,9H,8,10H2,1-2H3,(H,19,20). The Morgan fingerprint density at radius 3 is 2.67 bits per heavy atom. The molecule has 0 fully saturated rings. The number of anilines is 1. The lowest BCUT2D eigenvalue weighted by atomic mass is 10.1. The number of benzene rings is 2. The molecular weight excluding hydrogens is 310 g/mol. The average Bonchev–Trinajstić information content (AvgIpc) is 2.95. The molecule has 1 N–H and O–H groups in total. The molecule has 2 aromatic carbocycles. The van der Waals surface area contributed by atoms with Gasteiger partial charge in [-0.2, -0.15) is 0 Å². The van der Waals surface area contributed by atoms with Gasteiger partial charge in [-0.15, -0.1) is 0 Å². The van der Waals surface area contributed by atoms with Crippen LogP contribution in [0.4, 0.5) is 5.69 Å². The Bertz CT molecular complexity index is 800. The molecule has 0 unspecified atom stereocenters. The van der Waals surface area contributed by atoms with Crippen LogP contribution in [0.25, 0.3) is 0 Å². The molecule has 2 aromatic rings. The molecule has 0 atom stereocenters. The maximum absolute atomic E-state index is 12.2. The van der Waals surface area contributed by atoms with Crippen LogP contribution in [-0.2, 0) is 22.6 Å². The molecule has 6 nitrogen and oxygen atoms in total. The van der Waals surface area contributed by atoms with E-state index in [0.29, 0.717) is 22.7 Å². The summed E-state index contributed by atoms with van der Waals surface area (Å²) in [6.07, 6.45) is 0.201. The molecule has 0 saturated heterocycles. The lowest BCUT2D eigenvalue weighted by molar-refractivity contribution is -0.115. The number of esters is 1. The number of ether oxygens (including phenoxy) is 3. The summed E-state index contributed by atoms with van der Waals surface area (Å²) in [5.41, 5.74) is 2.78. The summed E-state index contributed by atoms with van der Waals surface area (Å²) >= 11 is 0. The van der Waals surface area contributed by atoms with Crippen molar-refractivity contribution in [2.75, 3.05) is 19.5 Å². The molecule has 0 bridgehead atoms. The van der Waals surface area contributed by atoms with Gasteiger partial charge < -0.3 is 19.5 Å². The number of hydrogen-bond donors (Lipinski definition) is 1. The first-order chi connectivity index (χ1) is 11.6. The van der Waals surface area contributed by atoms with Crippen LogP contribution < -0.4 is 14.8 Å². The van der Waals surface area contributed by atoms with Crippen LogP contribution >= 0.6 is 0 Å². The molecule has 24 heavy (non-hydrogen) atoms. The van der Waals surface area contributed by atoms with Gasteiger partial charge in [0.15, 0.2) is 11.5 Å². The maximum Gasteiger partial charge on any atom is 0.338 e. The van der Waals surface area contributed by atoms with Crippen molar-refractivity contribution in [3.63, 3.8) is 0 Å². The van der Waals surface area contributed by atoms with E-state index in [2.05, 4.69) is 5.32 Å². The van der Waals surface area contributed by atoms with Gasteiger partial charge in [-0.05, 0) is 35.9 Å². The fourth-order valence-corrected chi connectivity index (χ4v) is 2.59. The molecule has 0 spiro atoms. The van der Waals surface area contributed by atoms with Crippen molar-refractivity contribution in [2.45, 2.75) is 13.0 Å². The molecule has 6 heteroatoms. The summed E-state index contributed by atoms with van der Waals surface area (Å²) in [6.45, 7) is 0.244. The third-order valence-electron chi connectivity index (χ3n) is 3.78. The maximum atomic E-state index is 12.2. The average molecular weight is 327 g/mol. The predicted octanol–water partition coefficient (Wildman–Crippen LogP) is 2.56. The highest BCUT2D eigenvalue weighted by atomic mass is 16.5. The zero-order valence-corrected chi connectivity index (χ0v) is 13.4. The van der Waals surface area contributed by atoms with Gasteiger partial charge in [0.05, 0.1) is 26.2 Å². The van der Waals surface area contributed by atoms with E-state index in [4.69, 9.17) is 14.2 Å². The summed E-state index contributed by atoms with van der Waals surface area (Å²) in [7, 11) is 3.11. The normalized spacial score (nSPS) is 12.3. The van der Waals surface area contributed by atoms with Crippen LogP contribution in [0, 0.1) is 0 Å². The number of carbonyl (C=O) groups is 2. The highest BCUT2D eigenvalue weighted by Crippen LogP contribution is 2.28. The minimum Gasteiger partial charge on any atom is -0.493 e. The molecule has 1 amide bonds. The van der Waals surface area contributed by atoms with E-state index in [1.54, 1.807) is 44.6 Å².